The number of carbonyl (C=O) groups excluding carboxylic acids is 1. The fourth-order valence-corrected chi connectivity index (χ4v) is 0.753. The lowest BCUT2D eigenvalue weighted by atomic mass is 10.1. The van der Waals surface area contributed by atoms with Gasteiger partial charge in [0.2, 0.25) is 0 Å². The van der Waals surface area contributed by atoms with E-state index in [9.17, 15) is 18.0 Å². The van der Waals surface area contributed by atoms with Gasteiger partial charge in [-0.25, -0.2) is 0 Å². The summed E-state index contributed by atoms with van der Waals surface area (Å²) in [7, 11) is 0. The molecule has 0 N–H and O–H groups in total. The second-order valence-electron chi connectivity index (χ2n) is 2.19. The summed E-state index contributed by atoms with van der Waals surface area (Å²) in [6, 6.07) is 6.59. The number of hydrogen-bond acceptors (Lipinski definition) is 1. The molecule has 0 aromatic heterocycles. The number of hydrogen-bond donors (Lipinski definition) is 0. The van der Waals surface area contributed by atoms with Gasteiger partial charge in [0.1, 0.15) is 0 Å². The highest BCUT2D eigenvalue weighted by molar-refractivity contribution is 6.00. The second kappa shape index (κ2) is 5.42. The zero-order chi connectivity index (χ0) is 11.2. The quantitative estimate of drug-likeness (QED) is 0.640. The summed E-state index contributed by atoms with van der Waals surface area (Å²) in [6.07, 6.45) is -4.78. The summed E-state index contributed by atoms with van der Waals surface area (Å²) in [5, 5.41) is 0. The summed E-state index contributed by atoms with van der Waals surface area (Å²) < 4.78 is 35.4. The molecular formula is C10H11F3O. The van der Waals surface area contributed by atoms with Crippen molar-refractivity contribution in [2.75, 3.05) is 0 Å². The largest absolute Gasteiger partial charge is 0.454 e. The van der Waals surface area contributed by atoms with E-state index in [1.165, 1.54) is 12.1 Å². The van der Waals surface area contributed by atoms with Crippen LogP contribution in [0.2, 0.25) is 0 Å². The van der Waals surface area contributed by atoms with Crippen LogP contribution in [0.1, 0.15) is 24.2 Å². The Hall–Kier alpha value is -1.32. The predicted molar refractivity (Wildman–Crippen MR) is 48.2 cm³/mol. The maximum absolute atomic E-state index is 11.8. The fraction of sp³-hybridized carbons (Fsp3) is 0.300. The van der Waals surface area contributed by atoms with Crippen LogP contribution in [0.4, 0.5) is 13.2 Å². The maximum atomic E-state index is 11.8. The van der Waals surface area contributed by atoms with Crippen molar-refractivity contribution in [3.8, 4) is 0 Å². The Morgan fingerprint density at radius 3 is 1.86 bits per heavy atom. The minimum absolute atomic E-state index is 0.329. The van der Waals surface area contributed by atoms with E-state index in [2.05, 4.69) is 0 Å². The number of benzene rings is 1. The van der Waals surface area contributed by atoms with Crippen molar-refractivity contribution in [3.63, 3.8) is 0 Å². The molecule has 4 heteroatoms. The van der Waals surface area contributed by atoms with E-state index in [4.69, 9.17) is 0 Å². The molecule has 0 atom stereocenters. The molecule has 0 amide bonds. The molecule has 1 aromatic carbocycles. The van der Waals surface area contributed by atoms with Gasteiger partial charge in [0, 0.05) is 5.56 Å². The van der Waals surface area contributed by atoms with E-state index in [0.29, 0.717) is 0 Å². The standard InChI is InChI=1S/C8H5F3O.C2H6/c9-8(10,11)7(12)6-4-2-1-3-5-6;1-2/h1-5H;1-2H3. The fourth-order valence-electron chi connectivity index (χ4n) is 0.753. The number of carbonyl (C=O) groups is 1. The van der Waals surface area contributed by atoms with Crippen LogP contribution in [-0.2, 0) is 0 Å². The Balaban J connectivity index is 0.000000791. The zero-order valence-electron chi connectivity index (χ0n) is 7.93. The van der Waals surface area contributed by atoms with Gasteiger partial charge in [-0.15, -0.1) is 0 Å². The molecule has 0 fully saturated rings. The van der Waals surface area contributed by atoms with E-state index < -0.39 is 12.0 Å². The van der Waals surface area contributed by atoms with Gasteiger partial charge in [-0.3, -0.25) is 4.79 Å². The van der Waals surface area contributed by atoms with E-state index in [-0.39, 0.29) is 5.56 Å². The van der Waals surface area contributed by atoms with Crippen LogP contribution < -0.4 is 0 Å². The van der Waals surface area contributed by atoms with Crippen LogP contribution in [0.15, 0.2) is 30.3 Å². The van der Waals surface area contributed by atoms with Crippen molar-refractivity contribution >= 4 is 5.78 Å². The lowest BCUT2D eigenvalue weighted by molar-refractivity contribution is -0.0885. The molecule has 0 saturated carbocycles. The Morgan fingerprint density at radius 2 is 1.50 bits per heavy atom. The molecule has 0 spiro atoms. The first-order valence-corrected chi connectivity index (χ1v) is 4.18. The highest BCUT2D eigenvalue weighted by Crippen LogP contribution is 2.20. The van der Waals surface area contributed by atoms with Crippen molar-refractivity contribution in [2.24, 2.45) is 0 Å². The normalized spacial score (nSPS) is 10.1. The molecule has 14 heavy (non-hydrogen) atoms. The van der Waals surface area contributed by atoms with Crippen molar-refractivity contribution < 1.29 is 18.0 Å². The third-order valence-corrected chi connectivity index (χ3v) is 1.29. The van der Waals surface area contributed by atoms with Crippen LogP contribution in [-0.4, -0.2) is 12.0 Å². The number of ketones is 1. The highest BCUT2D eigenvalue weighted by atomic mass is 19.4. The smallest absolute Gasteiger partial charge is 0.284 e. The molecule has 0 heterocycles. The highest BCUT2D eigenvalue weighted by Gasteiger charge is 2.38. The second-order valence-corrected chi connectivity index (χ2v) is 2.19. The van der Waals surface area contributed by atoms with E-state index in [0.717, 1.165) is 12.1 Å². The molecule has 1 rings (SSSR count). The van der Waals surface area contributed by atoms with Gasteiger partial charge in [-0.1, -0.05) is 44.2 Å². The van der Waals surface area contributed by atoms with Crippen molar-refractivity contribution in [1.82, 2.24) is 0 Å². The maximum Gasteiger partial charge on any atom is 0.454 e. The van der Waals surface area contributed by atoms with Crippen molar-refractivity contribution in [3.05, 3.63) is 35.9 Å². The van der Waals surface area contributed by atoms with Crippen molar-refractivity contribution in [2.45, 2.75) is 20.0 Å². The lowest BCUT2D eigenvalue weighted by Crippen LogP contribution is -2.22. The number of rotatable bonds is 1. The summed E-state index contributed by atoms with van der Waals surface area (Å²) in [5.74, 6) is -1.80. The molecule has 0 saturated heterocycles. The van der Waals surface area contributed by atoms with Gasteiger partial charge in [0.15, 0.2) is 0 Å². The van der Waals surface area contributed by atoms with Crippen molar-refractivity contribution in [1.29, 1.82) is 0 Å². The summed E-state index contributed by atoms with van der Waals surface area (Å²) in [6.45, 7) is 4.00. The number of Topliss-reactive ketones (excluding diaryl/α,β-unsaturated/α-hetero) is 1. The lowest BCUT2D eigenvalue weighted by Gasteiger charge is -2.03. The third-order valence-electron chi connectivity index (χ3n) is 1.29. The molecule has 1 aromatic rings. The van der Waals surface area contributed by atoms with Crippen LogP contribution in [0.3, 0.4) is 0 Å². The van der Waals surface area contributed by atoms with E-state index in [1.807, 2.05) is 13.8 Å². The summed E-state index contributed by atoms with van der Waals surface area (Å²) in [5.41, 5.74) is -0.329. The predicted octanol–water partition coefficient (Wildman–Crippen LogP) is 3.46. The zero-order valence-corrected chi connectivity index (χ0v) is 7.93. The topological polar surface area (TPSA) is 17.1 Å². The first-order chi connectivity index (χ1) is 6.52. The van der Waals surface area contributed by atoms with Gasteiger partial charge < -0.3 is 0 Å². The average Bonchev–Trinajstić information content (AvgIpc) is 2.20. The molecule has 78 valence electrons. The first-order valence-electron chi connectivity index (χ1n) is 4.18. The minimum atomic E-state index is -4.78. The van der Waals surface area contributed by atoms with Gasteiger partial charge in [0.05, 0.1) is 0 Å². The van der Waals surface area contributed by atoms with E-state index in [1.54, 1.807) is 6.07 Å². The monoisotopic (exact) mass is 204 g/mol. The van der Waals surface area contributed by atoms with Crippen LogP contribution in [0.5, 0.6) is 0 Å². The Labute approximate surface area is 80.6 Å². The molecule has 1 nitrogen and oxygen atoms in total. The van der Waals surface area contributed by atoms with Gasteiger partial charge in [-0.2, -0.15) is 13.2 Å². The third kappa shape index (κ3) is 3.60. The Morgan fingerprint density at radius 1 is 1.07 bits per heavy atom. The van der Waals surface area contributed by atoms with E-state index >= 15 is 0 Å². The molecule has 0 bridgehead atoms. The Kier molecular flexibility index (Phi) is 4.91. The molecule has 0 unspecified atom stereocenters. The van der Waals surface area contributed by atoms with Gasteiger partial charge in [-0.05, 0) is 0 Å². The van der Waals surface area contributed by atoms with Gasteiger partial charge in [0.25, 0.3) is 5.78 Å². The van der Waals surface area contributed by atoms with Gasteiger partial charge >= 0.3 is 6.18 Å². The SMILES string of the molecule is CC.O=C(c1ccccc1)C(F)(F)F. The first kappa shape index (κ1) is 12.7. The van der Waals surface area contributed by atoms with Crippen LogP contribution in [0.25, 0.3) is 0 Å². The number of halogens is 3. The molecule has 0 aliphatic carbocycles. The average molecular weight is 204 g/mol. The Bertz CT molecular complexity index is 277. The van der Waals surface area contributed by atoms with Crippen LogP contribution >= 0.6 is 0 Å². The molecule has 0 radical (unpaired) electrons. The summed E-state index contributed by atoms with van der Waals surface area (Å²) >= 11 is 0. The minimum Gasteiger partial charge on any atom is -0.284 e. The summed E-state index contributed by atoms with van der Waals surface area (Å²) in [4.78, 5) is 10.5. The molecular weight excluding hydrogens is 193 g/mol. The van der Waals surface area contributed by atoms with Crippen LogP contribution in [0, 0.1) is 0 Å². The molecule has 0 aliphatic rings. The molecule has 0 aliphatic heterocycles. The number of alkyl halides is 3.